The molecule has 2 rings (SSSR count). The monoisotopic (exact) mass is 246 g/mol. The zero-order valence-electron chi connectivity index (χ0n) is 11.9. The van der Waals surface area contributed by atoms with E-state index >= 15 is 0 Å². The Morgan fingerprint density at radius 1 is 1.28 bits per heavy atom. The van der Waals surface area contributed by atoms with Crippen molar-refractivity contribution in [1.82, 2.24) is 4.90 Å². The highest BCUT2D eigenvalue weighted by atomic mass is 15.2. The summed E-state index contributed by atoms with van der Waals surface area (Å²) in [7, 11) is 0. The molecule has 3 atom stereocenters. The number of rotatable bonds is 5. The van der Waals surface area contributed by atoms with E-state index in [4.69, 9.17) is 0 Å². The van der Waals surface area contributed by atoms with Gasteiger partial charge in [-0.25, -0.2) is 0 Å². The molecule has 1 aromatic rings. The SMILES string of the molecule is CCC1CCC(C)N1C(C)CNc1ccccc1. The van der Waals surface area contributed by atoms with Gasteiger partial charge in [-0.05, 0) is 45.2 Å². The van der Waals surface area contributed by atoms with Crippen molar-refractivity contribution in [2.24, 2.45) is 0 Å². The second-order valence-corrected chi connectivity index (χ2v) is 5.53. The van der Waals surface area contributed by atoms with Gasteiger partial charge in [0.15, 0.2) is 0 Å². The predicted octanol–water partition coefficient (Wildman–Crippen LogP) is 3.75. The highest BCUT2D eigenvalue weighted by molar-refractivity contribution is 5.42. The fourth-order valence-electron chi connectivity index (χ4n) is 3.23. The Morgan fingerprint density at radius 2 is 2.00 bits per heavy atom. The van der Waals surface area contributed by atoms with E-state index in [1.165, 1.54) is 24.9 Å². The van der Waals surface area contributed by atoms with Crippen LogP contribution in [0.4, 0.5) is 5.69 Å². The average Bonchev–Trinajstić information content (AvgIpc) is 2.78. The Hall–Kier alpha value is -1.02. The van der Waals surface area contributed by atoms with Gasteiger partial charge >= 0.3 is 0 Å². The van der Waals surface area contributed by atoms with Gasteiger partial charge < -0.3 is 5.32 Å². The third kappa shape index (κ3) is 3.05. The van der Waals surface area contributed by atoms with E-state index in [1.54, 1.807) is 0 Å². The molecule has 3 unspecified atom stereocenters. The summed E-state index contributed by atoms with van der Waals surface area (Å²) in [5.41, 5.74) is 1.23. The number of hydrogen-bond donors (Lipinski definition) is 1. The number of para-hydroxylation sites is 1. The minimum absolute atomic E-state index is 0.604. The standard InChI is InChI=1S/C16H26N2/c1-4-16-11-10-13(2)18(16)14(3)12-17-15-8-6-5-7-9-15/h5-9,13-14,16-17H,4,10-12H2,1-3H3. The molecule has 0 aliphatic carbocycles. The average molecular weight is 246 g/mol. The number of anilines is 1. The number of benzene rings is 1. The first-order chi connectivity index (χ1) is 8.72. The van der Waals surface area contributed by atoms with Gasteiger partial charge in [0.05, 0.1) is 0 Å². The normalized spacial score (nSPS) is 26.2. The quantitative estimate of drug-likeness (QED) is 0.851. The van der Waals surface area contributed by atoms with Gasteiger partial charge in [0.25, 0.3) is 0 Å². The van der Waals surface area contributed by atoms with Crippen molar-refractivity contribution >= 4 is 5.69 Å². The van der Waals surface area contributed by atoms with Crippen molar-refractivity contribution in [3.05, 3.63) is 30.3 Å². The molecule has 0 bridgehead atoms. The largest absolute Gasteiger partial charge is 0.383 e. The Balaban J connectivity index is 1.89. The van der Waals surface area contributed by atoms with Gasteiger partial charge in [-0.15, -0.1) is 0 Å². The molecule has 1 fully saturated rings. The number of nitrogens with one attached hydrogen (secondary N) is 1. The van der Waals surface area contributed by atoms with Gasteiger partial charge in [-0.1, -0.05) is 25.1 Å². The summed E-state index contributed by atoms with van der Waals surface area (Å²) in [5, 5.41) is 3.54. The van der Waals surface area contributed by atoms with Crippen LogP contribution < -0.4 is 5.32 Å². The first kappa shape index (κ1) is 13.4. The molecule has 100 valence electrons. The molecule has 1 N–H and O–H groups in total. The van der Waals surface area contributed by atoms with Gasteiger partial charge in [0.2, 0.25) is 0 Å². The lowest BCUT2D eigenvalue weighted by Gasteiger charge is -2.34. The van der Waals surface area contributed by atoms with Crippen LogP contribution in [-0.4, -0.2) is 29.6 Å². The maximum absolute atomic E-state index is 3.54. The molecule has 0 aromatic heterocycles. The van der Waals surface area contributed by atoms with Gasteiger partial charge in [-0.2, -0.15) is 0 Å². The fourth-order valence-corrected chi connectivity index (χ4v) is 3.23. The molecule has 2 heteroatoms. The maximum Gasteiger partial charge on any atom is 0.0340 e. The van der Waals surface area contributed by atoms with Crippen molar-refractivity contribution in [3.8, 4) is 0 Å². The first-order valence-electron chi connectivity index (χ1n) is 7.28. The fraction of sp³-hybridized carbons (Fsp3) is 0.625. The Kier molecular flexibility index (Phi) is 4.65. The van der Waals surface area contributed by atoms with Crippen LogP contribution in [-0.2, 0) is 0 Å². The molecule has 1 aliphatic heterocycles. The predicted molar refractivity (Wildman–Crippen MR) is 79.0 cm³/mol. The Morgan fingerprint density at radius 3 is 2.67 bits per heavy atom. The molecule has 2 nitrogen and oxygen atoms in total. The van der Waals surface area contributed by atoms with Crippen LogP contribution in [0.15, 0.2) is 30.3 Å². The van der Waals surface area contributed by atoms with E-state index in [0.29, 0.717) is 6.04 Å². The van der Waals surface area contributed by atoms with E-state index in [1.807, 2.05) is 0 Å². The summed E-state index contributed by atoms with van der Waals surface area (Å²) >= 11 is 0. The van der Waals surface area contributed by atoms with Crippen LogP contribution in [0, 0.1) is 0 Å². The van der Waals surface area contributed by atoms with Gasteiger partial charge in [-0.3, -0.25) is 4.90 Å². The molecule has 1 heterocycles. The van der Waals surface area contributed by atoms with Crippen molar-refractivity contribution < 1.29 is 0 Å². The van der Waals surface area contributed by atoms with Gasteiger partial charge in [0.1, 0.15) is 0 Å². The van der Waals surface area contributed by atoms with E-state index in [-0.39, 0.29) is 0 Å². The smallest absolute Gasteiger partial charge is 0.0340 e. The second-order valence-electron chi connectivity index (χ2n) is 5.53. The Bertz CT molecular complexity index is 349. The minimum Gasteiger partial charge on any atom is -0.383 e. The maximum atomic E-state index is 3.54. The van der Waals surface area contributed by atoms with Crippen molar-refractivity contribution in [2.75, 3.05) is 11.9 Å². The number of nitrogens with zero attached hydrogens (tertiary/aromatic N) is 1. The lowest BCUT2D eigenvalue weighted by Crippen LogP contribution is -2.44. The van der Waals surface area contributed by atoms with Crippen LogP contribution in [0.3, 0.4) is 0 Å². The second kappa shape index (κ2) is 6.24. The zero-order valence-corrected chi connectivity index (χ0v) is 11.9. The third-order valence-electron chi connectivity index (χ3n) is 4.20. The molecule has 0 amide bonds. The molecule has 0 spiro atoms. The summed E-state index contributed by atoms with van der Waals surface area (Å²) in [6.45, 7) is 8.06. The summed E-state index contributed by atoms with van der Waals surface area (Å²) in [6, 6.07) is 12.6. The molecule has 18 heavy (non-hydrogen) atoms. The van der Waals surface area contributed by atoms with Crippen LogP contribution in [0.2, 0.25) is 0 Å². The number of likely N-dealkylation sites (tertiary alicyclic amines) is 1. The number of hydrogen-bond acceptors (Lipinski definition) is 2. The summed E-state index contributed by atoms with van der Waals surface area (Å²) < 4.78 is 0. The highest BCUT2D eigenvalue weighted by Gasteiger charge is 2.32. The van der Waals surface area contributed by atoms with Crippen molar-refractivity contribution in [3.63, 3.8) is 0 Å². The van der Waals surface area contributed by atoms with Crippen LogP contribution in [0.5, 0.6) is 0 Å². The highest BCUT2D eigenvalue weighted by Crippen LogP contribution is 2.28. The molecule has 0 radical (unpaired) electrons. The van der Waals surface area contributed by atoms with Crippen LogP contribution in [0.1, 0.15) is 40.0 Å². The molecule has 0 saturated carbocycles. The lowest BCUT2D eigenvalue weighted by molar-refractivity contribution is 0.150. The van der Waals surface area contributed by atoms with E-state index < -0.39 is 0 Å². The first-order valence-corrected chi connectivity index (χ1v) is 7.28. The Labute approximate surface area is 111 Å². The molecular formula is C16H26N2. The topological polar surface area (TPSA) is 15.3 Å². The summed E-state index contributed by atoms with van der Waals surface area (Å²) in [4.78, 5) is 2.70. The van der Waals surface area contributed by atoms with Gasteiger partial charge in [0, 0.05) is 30.4 Å². The lowest BCUT2D eigenvalue weighted by atomic mass is 10.1. The van der Waals surface area contributed by atoms with Crippen LogP contribution >= 0.6 is 0 Å². The van der Waals surface area contributed by atoms with E-state index in [0.717, 1.165) is 18.6 Å². The zero-order chi connectivity index (χ0) is 13.0. The molecule has 1 aliphatic rings. The van der Waals surface area contributed by atoms with Crippen molar-refractivity contribution in [1.29, 1.82) is 0 Å². The summed E-state index contributed by atoms with van der Waals surface area (Å²) in [5.74, 6) is 0. The molecule has 1 saturated heterocycles. The molecule has 1 aromatic carbocycles. The molecular weight excluding hydrogens is 220 g/mol. The minimum atomic E-state index is 0.604. The summed E-state index contributed by atoms with van der Waals surface area (Å²) in [6.07, 6.45) is 4.00. The third-order valence-corrected chi connectivity index (χ3v) is 4.20. The van der Waals surface area contributed by atoms with Crippen LogP contribution in [0.25, 0.3) is 0 Å². The van der Waals surface area contributed by atoms with E-state index in [9.17, 15) is 0 Å². The van der Waals surface area contributed by atoms with Crippen molar-refractivity contribution in [2.45, 2.75) is 58.2 Å². The van der Waals surface area contributed by atoms with E-state index in [2.05, 4.69) is 61.3 Å².